The van der Waals surface area contributed by atoms with Gasteiger partial charge in [-0.15, -0.1) is 0 Å². The highest BCUT2D eigenvalue weighted by atomic mass is 19.1. The highest BCUT2D eigenvalue weighted by Crippen LogP contribution is 2.50. The molecule has 1 heterocycles. The van der Waals surface area contributed by atoms with Gasteiger partial charge in [0.25, 0.3) is 0 Å². The first-order valence-corrected chi connectivity index (χ1v) is 14.5. The Bertz CT molecular complexity index is 1300. The van der Waals surface area contributed by atoms with E-state index in [9.17, 15) is 24.2 Å². The Morgan fingerprint density at radius 2 is 1.95 bits per heavy atom. The first kappa shape index (κ1) is 27.0. The topological polar surface area (TPSA) is 99.1 Å². The third kappa shape index (κ3) is 5.15. The number of carbonyl (C=O) groups is 2. The van der Waals surface area contributed by atoms with Gasteiger partial charge in [-0.3, -0.25) is 9.59 Å². The Morgan fingerprint density at radius 3 is 2.70 bits per heavy atom. The molecule has 1 aliphatic heterocycles. The summed E-state index contributed by atoms with van der Waals surface area (Å²) >= 11 is 0. The van der Waals surface area contributed by atoms with Crippen LogP contribution in [0.1, 0.15) is 49.1 Å². The molecule has 0 radical (unpaired) electrons. The summed E-state index contributed by atoms with van der Waals surface area (Å²) in [6.07, 6.45) is 5.40. The molecule has 2 aromatic carbocycles. The van der Waals surface area contributed by atoms with Crippen molar-refractivity contribution in [2.45, 2.75) is 62.7 Å². The lowest BCUT2D eigenvalue weighted by molar-refractivity contribution is -0.138. The number of aliphatic hydroxyl groups is 2. The maximum absolute atomic E-state index is 14.0. The Morgan fingerprint density at radius 1 is 1.10 bits per heavy atom. The average Bonchev–Trinajstić information content (AvgIpc) is 3.68. The number of nitrogens with zero attached hydrogens (tertiary/aromatic N) is 1. The van der Waals surface area contributed by atoms with Crippen molar-refractivity contribution in [3.63, 3.8) is 0 Å². The van der Waals surface area contributed by atoms with Gasteiger partial charge >= 0.3 is 0 Å². The van der Waals surface area contributed by atoms with Crippen LogP contribution in [0.25, 0.3) is 0 Å². The van der Waals surface area contributed by atoms with Gasteiger partial charge in [-0.1, -0.05) is 36.8 Å². The molecule has 40 heavy (non-hydrogen) atoms. The predicted octanol–water partition coefficient (Wildman–Crippen LogP) is 3.35. The predicted molar refractivity (Wildman–Crippen MR) is 147 cm³/mol. The van der Waals surface area contributed by atoms with Gasteiger partial charge in [0.1, 0.15) is 23.8 Å². The van der Waals surface area contributed by atoms with E-state index in [4.69, 9.17) is 4.74 Å². The largest absolute Gasteiger partial charge is 0.486 e. The summed E-state index contributed by atoms with van der Waals surface area (Å²) in [5.41, 5.74) is 1.99. The number of hydrogen-bond donors (Lipinski definition) is 3. The van der Waals surface area contributed by atoms with E-state index in [1.54, 1.807) is 17.0 Å². The summed E-state index contributed by atoms with van der Waals surface area (Å²) in [5, 5.41) is 23.8. The number of amides is 2. The van der Waals surface area contributed by atoms with Gasteiger partial charge in [-0.2, -0.15) is 0 Å². The fraction of sp³-hybridized carbons (Fsp3) is 0.500. The molecule has 7 unspecified atom stereocenters. The van der Waals surface area contributed by atoms with Crippen LogP contribution in [0.5, 0.6) is 5.75 Å². The van der Waals surface area contributed by atoms with E-state index in [0.717, 1.165) is 17.5 Å². The summed E-state index contributed by atoms with van der Waals surface area (Å²) in [4.78, 5) is 29.1. The number of hydrogen-bond acceptors (Lipinski definition) is 5. The van der Waals surface area contributed by atoms with Gasteiger partial charge < -0.3 is 25.2 Å². The third-order valence-electron chi connectivity index (χ3n) is 9.41. The normalized spacial score (nSPS) is 29.8. The maximum Gasteiger partial charge on any atom is 0.247 e. The lowest BCUT2D eigenvalue weighted by Gasteiger charge is -2.41. The zero-order chi connectivity index (χ0) is 27.8. The second kappa shape index (κ2) is 11.3. The Labute approximate surface area is 234 Å². The van der Waals surface area contributed by atoms with E-state index in [0.29, 0.717) is 41.9 Å². The molecule has 0 spiro atoms. The molecule has 2 fully saturated rings. The highest BCUT2D eigenvalue weighted by molar-refractivity contribution is 5.96. The van der Waals surface area contributed by atoms with Gasteiger partial charge in [0.2, 0.25) is 11.8 Å². The summed E-state index contributed by atoms with van der Waals surface area (Å²) in [7, 11) is 0. The highest BCUT2D eigenvalue weighted by Gasteiger charge is 2.51. The molecular weight excluding hydrogens is 511 g/mol. The summed E-state index contributed by atoms with van der Waals surface area (Å²) in [6.45, 7) is 0.168. The van der Waals surface area contributed by atoms with Crippen LogP contribution in [0.2, 0.25) is 0 Å². The average molecular weight is 549 g/mol. The SMILES string of the molecule is O=C(NCCO)C1=CC(N(CCc2cccc(F)c2)C(=O)CC2CC3CCC2C3)C(O)C2Oc3ccccc3C12. The van der Waals surface area contributed by atoms with Crippen molar-refractivity contribution in [3.8, 4) is 5.75 Å². The lowest BCUT2D eigenvalue weighted by atomic mass is 9.77. The number of benzene rings is 2. The van der Waals surface area contributed by atoms with Gasteiger partial charge in [-0.05, 0) is 73.3 Å². The van der Waals surface area contributed by atoms with Crippen molar-refractivity contribution in [1.29, 1.82) is 0 Å². The van der Waals surface area contributed by atoms with Crippen molar-refractivity contribution in [1.82, 2.24) is 10.2 Å². The van der Waals surface area contributed by atoms with E-state index < -0.39 is 24.2 Å². The molecule has 212 valence electrons. The molecule has 8 heteroatoms. The monoisotopic (exact) mass is 548 g/mol. The van der Waals surface area contributed by atoms with Gasteiger partial charge in [0.05, 0.1) is 18.6 Å². The van der Waals surface area contributed by atoms with Crippen molar-refractivity contribution in [2.24, 2.45) is 17.8 Å². The van der Waals surface area contributed by atoms with Gasteiger partial charge in [0.15, 0.2) is 0 Å². The summed E-state index contributed by atoms with van der Waals surface area (Å²) in [5.74, 6) is 0.978. The fourth-order valence-corrected chi connectivity index (χ4v) is 7.54. The molecule has 3 N–H and O–H groups in total. The quantitative estimate of drug-likeness (QED) is 0.447. The van der Waals surface area contributed by atoms with E-state index in [1.807, 2.05) is 30.3 Å². The number of para-hydroxylation sites is 1. The molecule has 0 aromatic heterocycles. The minimum absolute atomic E-state index is 0.0571. The number of nitrogens with one attached hydrogen (secondary N) is 1. The first-order valence-electron chi connectivity index (χ1n) is 14.5. The van der Waals surface area contributed by atoms with E-state index in [-0.39, 0.29) is 37.3 Å². The number of rotatable bonds is 9. The van der Waals surface area contributed by atoms with Crippen molar-refractivity contribution >= 4 is 11.8 Å². The van der Waals surface area contributed by atoms with Crippen LogP contribution in [0, 0.1) is 23.6 Å². The maximum atomic E-state index is 14.0. The smallest absolute Gasteiger partial charge is 0.247 e. The third-order valence-corrected chi connectivity index (χ3v) is 9.41. The minimum Gasteiger partial charge on any atom is -0.486 e. The van der Waals surface area contributed by atoms with Crippen LogP contribution in [0.4, 0.5) is 4.39 Å². The standard InChI is InChI=1S/C32H37FN2O5/c33-23-5-3-4-19(16-23)10-12-35(28(37)17-22-15-20-8-9-21(22)14-20)26-18-25(32(39)34-11-13-36)29-24-6-1-2-7-27(24)40-31(29)30(26)38/h1-7,16,18,20-22,26,29-31,36,38H,8-15,17H2,(H,34,39). The van der Waals surface area contributed by atoms with Gasteiger partial charge in [0, 0.05) is 30.6 Å². The van der Waals surface area contributed by atoms with Crippen LogP contribution in [-0.2, 0) is 16.0 Å². The van der Waals surface area contributed by atoms with E-state index in [2.05, 4.69) is 5.32 Å². The molecular formula is C32H37FN2O5. The van der Waals surface area contributed by atoms with Crippen LogP contribution >= 0.6 is 0 Å². The van der Waals surface area contributed by atoms with Crippen molar-refractivity contribution in [2.75, 3.05) is 19.7 Å². The Kier molecular flexibility index (Phi) is 7.64. The summed E-state index contributed by atoms with van der Waals surface area (Å²) < 4.78 is 20.1. The zero-order valence-corrected chi connectivity index (χ0v) is 22.5. The number of ether oxygens (including phenoxy) is 1. The van der Waals surface area contributed by atoms with Crippen LogP contribution in [0.3, 0.4) is 0 Å². The molecule has 3 aliphatic carbocycles. The molecule has 7 atom stereocenters. The number of halogens is 1. The zero-order valence-electron chi connectivity index (χ0n) is 22.5. The molecule has 2 aromatic rings. The van der Waals surface area contributed by atoms with Crippen molar-refractivity contribution in [3.05, 3.63) is 77.1 Å². The lowest BCUT2D eigenvalue weighted by Crippen LogP contribution is -2.56. The van der Waals surface area contributed by atoms with Crippen LogP contribution in [0.15, 0.2) is 60.2 Å². The second-order valence-corrected chi connectivity index (χ2v) is 11.8. The first-order chi connectivity index (χ1) is 19.4. The number of aliphatic hydroxyl groups excluding tert-OH is 2. The van der Waals surface area contributed by atoms with Gasteiger partial charge in [-0.25, -0.2) is 4.39 Å². The number of carbonyl (C=O) groups excluding carboxylic acids is 2. The molecule has 7 nitrogen and oxygen atoms in total. The number of fused-ring (bicyclic) bond motifs is 5. The molecule has 6 rings (SSSR count). The van der Waals surface area contributed by atoms with Crippen LogP contribution < -0.4 is 10.1 Å². The molecule has 2 bridgehead atoms. The van der Waals surface area contributed by atoms with E-state index in [1.165, 1.54) is 31.4 Å². The molecule has 2 amide bonds. The summed E-state index contributed by atoms with van der Waals surface area (Å²) in [6, 6.07) is 13.0. The molecule has 0 saturated heterocycles. The Balaban J connectivity index is 1.33. The Hall–Kier alpha value is -3.23. The van der Waals surface area contributed by atoms with Crippen LogP contribution in [-0.4, -0.2) is 64.9 Å². The van der Waals surface area contributed by atoms with Crippen molar-refractivity contribution < 1.29 is 28.9 Å². The minimum atomic E-state index is -1.07. The molecule has 2 saturated carbocycles. The molecule has 4 aliphatic rings. The second-order valence-electron chi connectivity index (χ2n) is 11.8. The van der Waals surface area contributed by atoms with E-state index >= 15 is 0 Å². The fourth-order valence-electron chi connectivity index (χ4n) is 7.54.